The van der Waals surface area contributed by atoms with Crippen molar-refractivity contribution in [2.24, 2.45) is 0 Å². The molecule has 1 atom stereocenters. The molecule has 1 N–H and O–H groups in total. The quantitative estimate of drug-likeness (QED) is 0.899. The van der Waals surface area contributed by atoms with Crippen molar-refractivity contribution in [3.05, 3.63) is 23.8 Å². The second-order valence-corrected chi connectivity index (χ2v) is 7.01. The van der Waals surface area contributed by atoms with Crippen molar-refractivity contribution < 1.29 is 13.2 Å². The van der Waals surface area contributed by atoms with E-state index in [1.54, 1.807) is 30.1 Å². The van der Waals surface area contributed by atoms with Crippen LogP contribution in [0.5, 0.6) is 0 Å². The number of nitrogens with one attached hydrogen (secondary N) is 1. The second kappa shape index (κ2) is 4.85. The minimum Gasteiger partial charge on any atom is -0.373 e. The summed E-state index contributed by atoms with van der Waals surface area (Å²) in [5.74, 6) is 0.0455. The fraction of sp³-hybridized carbons (Fsp3) is 0.462. The van der Waals surface area contributed by atoms with Crippen molar-refractivity contribution in [1.82, 2.24) is 4.90 Å². The van der Waals surface area contributed by atoms with Gasteiger partial charge in [-0.05, 0) is 31.0 Å². The average molecular weight is 282 g/mol. The highest BCUT2D eigenvalue weighted by atomic mass is 32.2. The van der Waals surface area contributed by atoms with Crippen LogP contribution in [0.25, 0.3) is 0 Å². The van der Waals surface area contributed by atoms with E-state index < -0.39 is 9.84 Å². The molecule has 0 aliphatic carbocycles. The van der Waals surface area contributed by atoms with Gasteiger partial charge in [0.2, 0.25) is 5.91 Å². The van der Waals surface area contributed by atoms with Gasteiger partial charge >= 0.3 is 0 Å². The molecule has 2 rings (SSSR count). The summed E-state index contributed by atoms with van der Waals surface area (Å²) in [4.78, 5) is 13.8. The minimum absolute atomic E-state index is 0.0455. The Morgan fingerprint density at radius 2 is 2.05 bits per heavy atom. The highest BCUT2D eigenvalue weighted by molar-refractivity contribution is 7.90. The topological polar surface area (TPSA) is 66.5 Å². The number of hydrogen-bond donors (Lipinski definition) is 1. The van der Waals surface area contributed by atoms with Crippen LogP contribution < -0.4 is 5.32 Å². The Bertz CT molecular complexity index is 610. The molecule has 1 aliphatic heterocycles. The number of anilines is 1. The van der Waals surface area contributed by atoms with Crippen LogP contribution in [-0.2, 0) is 14.6 Å². The Kier molecular flexibility index (Phi) is 3.54. The fourth-order valence-electron chi connectivity index (χ4n) is 2.13. The van der Waals surface area contributed by atoms with E-state index in [9.17, 15) is 13.2 Å². The van der Waals surface area contributed by atoms with Gasteiger partial charge < -0.3 is 10.2 Å². The summed E-state index contributed by atoms with van der Waals surface area (Å²) in [5, 5.41) is 3.15. The molecule has 0 unspecified atom stereocenters. The Balaban J connectivity index is 2.28. The van der Waals surface area contributed by atoms with Gasteiger partial charge in [0.25, 0.3) is 0 Å². The van der Waals surface area contributed by atoms with Gasteiger partial charge in [0, 0.05) is 25.5 Å². The number of aryl methyl sites for hydroxylation is 1. The lowest BCUT2D eigenvalue weighted by Gasteiger charge is -2.16. The largest absolute Gasteiger partial charge is 0.373 e. The van der Waals surface area contributed by atoms with Crippen LogP contribution in [-0.4, -0.2) is 45.1 Å². The van der Waals surface area contributed by atoms with Gasteiger partial charge in [-0.2, -0.15) is 0 Å². The Hall–Kier alpha value is -1.56. The van der Waals surface area contributed by atoms with Crippen LogP contribution in [0.3, 0.4) is 0 Å². The zero-order valence-electron chi connectivity index (χ0n) is 11.3. The maximum atomic E-state index is 11.8. The molecule has 5 nitrogen and oxygen atoms in total. The SMILES string of the molecule is Cc1ccc(S(C)(=O)=O)cc1N[C@H]1CCN(C)C1=O. The van der Waals surface area contributed by atoms with E-state index in [4.69, 9.17) is 0 Å². The Labute approximate surface area is 113 Å². The van der Waals surface area contributed by atoms with Crippen molar-refractivity contribution in [1.29, 1.82) is 0 Å². The molecular weight excluding hydrogens is 264 g/mol. The number of carbonyl (C=O) groups excluding carboxylic acids is 1. The fourth-order valence-corrected chi connectivity index (χ4v) is 2.78. The summed E-state index contributed by atoms with van der Waals surface area (Å²) < 4.78 is 23.1. The van der Waals surface area contributed by atoms with Crippen LogP contribution in [0, 0.1) is 6.92 Å². The summed E-state index contributed by atoms with van der Waals surface area (Å²) in [6, 6.07) is 4.66. The third kappa shape index (κ3) is 2.89. The van der Waals surface area contributed by atoms with E-state index >= 15 is 0 Å². The molecule has 1 heterocycles. The van der Waals surface area contributed by atoms with Crippen LogP contribution >= 0.6 is 0 Å². The van der Waals surface area contributed by atoms with E-state index in [0.717, 1.165) is 18.5 Å². The number of nitrogens with zero attached hydrogens (tertiary/aromatic N) is 1. The van der Waals surface area contributed by atoms with Gasteiger partial charge in [-0.15, -0.1) is 0 Å². The zero-order chi connectivity index (χ0) is 14.2. The molecule has 0 aromatic heterocycles. The lowest BCUT2D eigenvalue weighted by molar-refractivity contribution is -0.127. The molecule has 1 aliphatic rings. The van der Waals surface area contributed by atoms with E-state index in [2.05, 4.69) is 5.32 Å². The molecule has 19 heavy (non-hydrogen) atoms. The van der Waals surface area contributed by atoms with Crippen molar-refractivity contribution >= 4 is 21.4 Å². The minimum atomic E-state index is -3.24. The molecule has 1 aromatic rings. The standard InChI is InChI=1S/C13H18N2O3S/c1-9-4-5-10(19(3,17)18)8-12(9)14-11-6-7-15(2)13(11)16/h4-5,8,11,14H,6-7H2,1-3H3/t11-/m0/s1. The highest BCUT2D eigenvalue weighted by Crippen LogP contribution is 2.23. The Morgan fingerprint density at radius 1 is 1.37 bits per heavy atom. The monoisotopic (exact) mass is 282 g/mol. The van der Waals surface area contributed by atoms with Crippen molar-refractivity contribution in [3.63, 3.8) is 0 Å². The number of likely N-dealkylation sites (tertiary alicyclic amines) is 1. The molecule has 104 valence electrons. The summed E-state index contributed by atoms with van der Waals surface area (Å²) in [7, 11) is -1.47. The highest BCUT2D eigenvalue weighted by Gasteiger charge is 2.29. The summed E-state index contributed by atoms with van der Waals surface area (Å²) in [6.07, 6.45) is 1.91. The lowest BCUT2D eigenvalue weighted by atomic mass is 10.1. The smallest absolute Gasteiger partial charge is 0.244 e. The predicted molar refractivity (Wildman–Crippen MR) is 74.0 cm³/mol. The molecule has 0 spiro atoms. The van der Waals surface area contributed by atoms with E-state index in [-0.39, 0.29) is 16.8 Å². The average Bonchev–Trinajstić information content (AvgIpc) is 2.62. The number of amides is 1. The molecule has 0 radical (unpaired) electrons. The molecule has 1 saturated heterocycles. The molecule has 1 amide bonds. The Morgan fingerprint density at radius 3 is 2.58 bits per heavy atom. The van der Waals surface area contributed by atoms with Crippen molar-refractivity contribution in [2.75, 3.05) is 25.2 Å². The van der Waals surface area contributed by atoms with Crippen LogP contribution in [0.4, 0.5) is 5.69 Å². The second-order valence-electron chi connectivity index (χ2n) is 4.99. The summed E-state index contributed by atoms with van der Waals surface area (Å²) in [5.41, 5.74) is 1.63. The number of rotatable bonds is 3. The number of hydrogen-bond acceptors (Lipinski definition) is 4. The molecule has 0 saturated carbocycles. The van der Waals surface area contributed by atoms with Gasteiger partial charge in [0.1, 0.15) is 6.04 Å². The normalized spacial score (nSPS) is 19.8. The first-order valence-electron chi connectivity index (χ1n) is 6.11. The first-order valence-corrected chi connectivity index (χ1v) is 8.00. The van der Waals surface area contributed by atoms with E-state index in [1.807, 2.05) is 6.92 Å². The lowest BCUT2D eigenvalue weighted by Crippen LogP contribution is -2.31. The molecule has 6 heteroatoms. The van der Waals surface area contributed by atoms with Crippen molar-refractivity contribution in [2.45, 2.75) is 24.3 Å². The van der Waals surface area contributed by atoms with E-state index in [1.165, 1.54) is 6.26 Å². The van der Waals surface area contributed by atoms with Crippen LogP contribution in [0.1, 0.15) is 12.0 Å². The molecule has 1 aromatic carbocycles. The van der Waals surface area contributed by atoms with Gasteiger partial charge in [-0.3, -0.25) is 4.79 Å². The van der Waals surface area contributed by atoms with E-state index in [0.29, 0.717) is 5.69 Å². The molecule has 0 bridgehead atoms. The van der Waals surface area contributed by atoms with Crippen molar-refractivity contribution in [3.8, 4) is 0 Å². The first kappa shape index (κ1) is 13.9. The summed E-state index contributed by atoms with van der Waals surface area (Å²) in [6.45, 7) is 2.61. The van der Waals surface area contributed by atoms with Gasteiger partial charge in [0.15, 0.2) is 9.84 Å². The van der Waals surface area contributed by atoms with Crippen LogP contribution in [0.2, 0.25) is 0 Å². The maximum Gasteiger partial charge on any atom is 0.244 e. The number of sulfone groups is 1. The number of carbonyl (C=O) groups is 1. The van der Waals surface area contributed by atoms with Gasteiger partial charge in [0.05, 0.1) is 4.90 Å². The third-order valence-corrected chi connectivity index (χ3v) is 4.50. The molecule has 1 fully saturated rings. The van der Waals surface area contributed by atoms with Crippen LogP contribution in [0.15, 0.2) is 23.1 Å². The third-order valence-electron chi connectivity index (χ3n) is 3.39. The first-order chi connectivity index (χ1) is 8.79. The maximum absolute atomic E-state index is 11.8. The summed E-state index contributed by atoms with van der Waals surface area (Å²) >= 11 is 0. The predicted octanol–water partition coefficient (Wildman–Crippen LogP) is 1.04. The zero-order valence-corrected chi connectivity index (χ0v) is 12.1. The number of likely N-dealkylation sites (N-methyl/N-ethyl adjacent to an activating group) is 1. The van der Waals surface area contributed by atoms with Gasteiger partial charge in [-0.25, -0.2) is 8.42 Å². The number of benzene rings is 1. The molecular formula is C13H18N2O3S. The van der Waals surface area contributed by atoms with Gasteiger partial charge in [-0.1, -0.05) is 6.07 Å².